The average molecular weight is 428 g/mol. The van der Waals surface area contributed by atoms with Gasteiger partial charge in [-0.25, -0.2) is 9.97 Å². The van der Waals surface area contributed by atoms with Crippen LogP contribution in [0.25, 0.3) is 16.7 Å². The Morgan fingerprint density at radius 2 is 1.97 bits per heavy atom. The van der Waals surface area contributed by atoms with Gasteiger partial charge in [-0.15, -0.1) is 0 Å². The van der Waals surface area contributed by atoms with E-state index in [1.165, 1.54) is 6.07 Å². The molecule has 1 amide bonds. The third-order valence-electron chi connectivity index (χ3n) is 4.96. The maximum absolute atomic E-state index is 13.3. The molecular weight excluding hydrogens is 409 g/mol. The van der Waals surface area contributed by atoms with Crippen LogP contribution in [0, 0.1) is 0 Å². The predicted octanol–water partition coefficient (Wildman–Crippen LogP) is 3.93. The van der Waals surface area contributed by atoms with Crippen LogP contribution < -0.4 is 5.73 Å². The van der Waals surface area contributed by atoms with E-state index in [1.54, 1.807) is 39.9 Å². The molecule has 4 aromatic rings. The zero-order valence-electron chi connectivity index (χ0n) is 16.8. The Labute approximate surface area is 175 Å². The van der Waals surface area contributed by atoms with E-state index < -0.39 is 11.7 Å². The number of imidazole rings is 1. The standard InChI is InChI=1S/C21H19F3N6O/c1-12(2)30(11-15-5-4-14(10-27-15)21(22,23)24)20(31)13-3-6-16-17(9-13)29-8-7-26-19(29)18(25)28-16/h3-10,12H,11H2,1-2H3,(H2,25,28). The number of hydrogen-bond acceptors (Lipinski definition) is 5. The highest BCUT2D eigenvalue weighted by molar-refractivity contribution is 5.98. The molecule has 10 heteroatoms. The Balaban J connectivity index is 1.67. The van der Waals surface area contributed by atoms with Gasteiger partial charge in [-0.05, 0) is 44.2 Å². The van der Waals surface area contributed by atoms with Crippen LogP contribution in [0.5, 0.6) is 0 Å². The normalized spacial score (nSPS) is 12.1. The number of amides is 1. The van der Waals surface area contributed by atoms with Gasteiger partial charge in [0.25, 0.3) is 5.91 Å². The van der Waals surface area contributed by atoms with E-state index in [9.17, 15) is 18.0 Å². The number of rotatable bonds is 4. The van der Waals surface area contributed by atoms with E-state index in [-0.39, 0.29) is 24.3 Å². The first-order valence-electron chi connectivity index (χ1n) is 9.50. The highest BCUT2D eigenvalue weighted by Crippen LogP contribution is 2.28. The SMILES string of the molecule is CC(C)N(Cc1ccc(C(F)(F)F)cn1)C(=O)c1ccc2nc(N)c3nccn3c2c1. The Bertz CT molecular complexity index is 1260. The molecule has 0 unspecified atom stereocenters. The van der Waals surface area contributed by atoms with E-state index in [0.29, 0.717) is 27.9 Å². The van der Waals surface area contributed by atoms with Crippen LogP contribution in [0.4, 0.5) is 19.0 Å². The summed E-state index contributed by atoms with van der Waals surface area (Å²) in [6.07, 6.45) is -0.352. The molecule has 31 heavy (non-hydrogen) atoms. The summed E-state index contributed by atoms with van der Waals surface area (Å²) in [5, 5.41) is 0. The van der Waals surface area contributed by atoms with Crippen molar-refractivity contribution >= 4 is 28.4 Å². The summed E-state index contributed by atoms with van der Waals surface area (Å²) in [4.78, 5) is 27.2. The number of halogens is 3. The van der Waals surface area contributed by atoms with Crippen LogP contribution in [0.3, 0.4) is 0 Å². The largest absolute Gasteiger partial charge is 0.417 e. The minimum absolute atomic E-state index is 0.0765. The number of hydrogen-bond donors (Lipinski definition) is 1. The lowest BCUT2D eigenvalue weighted by Crippen LogP contribution is -2.36. The third-order valence-corrected chi connectivity index (χ3v) is 4.96. The number of carbonyl (C=O) groups excluding carboxylic acids is 1. The second-order valence-corrected chi connectivity index (χ2v) is 7.38. The quantitative estimate of drug-likeness (QED) is 0.532. The number of anilines is 1. The third kappa shape index (κ3) is 3.88. The summed E-state index contributed by atoms with van der Waals surface area (Å²) in [7, 11) is 0. The van der Waals surface area contributed by atoms with Gasteiger partial charge >= 0.3 is 6.18 Å². The van der Waals surface area contributed by atoms with Crippen molar-refractivity contribution in [3.63, 3.8) is 0 Å². The van der Waals surface area contributed by atoms with Crippen LogP contribution in [0.1, 0.15) is 35.5 Å². The number of carbonyl (C=O) groups is 1. The fourth-order valence-electron chi connectivity index (χ4n) is 3.33. The topological polar surface area (TPSA) is 89.4 Å². The molecule has 0 aliphatic heterocycles. The van der Waals surface area contributed by atoms with Crippen molar-refractivity contribution in [3.05, 3.63) is 65.7 Å². The van der Waals surface area contributed by atoms with Crippen molar-refractivity contribution in [1.82, 2.24) is 24.3 Å². The molecule has 0 bridgehead atoms. The summed E-state index contributed by atoms with van der Waals surface area (Å²) in [5.74, 6) is 0.0115. The molecule has 1 aromatic carbocycles. The summed E-state index contributed by atoms with van der Waals surface area (Å²) in [5.41, 5.74) is 7.65. The zero-order valence-corrected chi connectivity index (χ0v) is 16.8. The van der Waals surface area contributed by atoms with Crippen molar-refractivity contribution in [2.45, 2.75) is 32.6 Å². The predicted molar refractivity (Wildman–Crippen MR) is 109 cm³/mol. The van der Waals surface area contributed by atoms with Crippen LogP contribution in [0.15, 0.2) is 48.9 Å². The van der Waals surface area contributed by atoms with E-state index in [0.717, 1.165) is 12.3 Å². The van der Waals surface area contributed by atoms with E-state index in [4.69, 9.17) is 5.73 Å². The molecule has 2 N–H and O–H groups in total. The van der Waals surface area contributed by atoms with Gasteiger partial charge in [0.15, 0.2) is 11.5 Å². The maximum Gasteiger partial charge on any atom is 0.417 e. The molecule has 0 saturated heterocycles. The number of nitrogens with two attached hydrogens (primary N) is 1. The summed E-state index contributed by atoms with van der Waals surface area (Å²) >= 11 is 0. The molecule has 0 radical (unpaired) electrons. The van der Waals surface area contributed by atoms with Crippen LogP contribution in [-0.4, -0.2) is 36.2 Å². The molecule has 7 nitrogen and oxygen atoms in total. The molecule has 4 rings (SSSR count). The molecule has 0 fully saturated rings. The molecular formula is C21H19F3N6O. The lowest BCUT2D eigenvalue weighted by atomic mass is 10.1. The van der Waals surface area contributed by atoms with Gasteiger partial charge in [0.2, 0.25) is 0 Å². The Kier molecular flexibility index (Phi) is 5.00. The van der Waals surface area contributed by atoms with Crippen LogP contribution >= 0.6 is 0 Å². The van der Waals surface area contributed by atoms with Crippen LogP contribution in [0.2, 0.25) is 0 Å². The molecule has 0 aliphatic rings. The lowest BCUT2D eigenvalue weighted by Gasteiger charge is -2.27. The second-order valence-electron chi connectivity index (χ2n) is 7.38. The average Bonchev–Trinajstić information content (AvgIpc) is 3.22. The molecule has 3 aromatic heterocycles. The summed E-state index contributed by atoms with van der Waals surface area (Å²) < 4.78 is 40.1. The van der Waals surface area contributed by atoms with Gasteiger partial charge in [-0.1, -0.05) is 0 Å². The van der Waals surface area contributed by atoms with Crippen molar-refractivity contribution in [3.8, 4) is 0 Å². The van der Waals surface area contributed by atoms with Crippen molar-refractivity contribution in [2.75, 3.05) is 5.73 Å². The molecule has 0 atom stereocenters. The maximum atomic E-state index is 13.3. The number of nitrogen functional groups attached to an aromatic ring is 1. The zero-order chi connectivity index (χ0) is 22.3. The first kappa shape index (κ1) is 20.6. The number of benzene rings is 1. The Hall–Kier alpha value is -3.69. The summed E-state index contributed by atoms with van der Waals surface area (Å²) in [6, 6.07) is 7.10. The van der Waals surface area contributed by atoms with E-state index >= 15 is 0 Å². The van der Waals surface area contributed by atoms with Crippen molar-refractivity contribution < 1.29 is 18.0 Å². The Morgan fingerprint density at radius 1 is 1.19 bits per heavy atom. The number of aromatic nitrogens is 4. The van der Waals surface area contributed by atoms with Gasteiger partial charge < -0.3 is 10.6 Å². The van der Waals surface area contributed by atoms with E-state index in [1.807, 2.05) is 13.8 Å². The number of pyridine rings is 1. The minimum atomic E-state index is -4.46. The fraction of sp³-hybridized carbons (Fsp3) is 0.238. The second kappa shape index (κ2) is 7.53. The highest BCUT2D eigenvalue weighted by atomic mass is 19.4. The first-order chi connectivity index (χ1) is 14.6. The van der Waals surface area contributed by atoms with Gasteiger partial charge in [0.1, 0.15) is 0 Å². The number of nitrogens with zero attached hydrogens (tertiary/aromatic N) is 5. The molecule has 0 saturated carbocycles. The summed E-state index contributed by atoms with van der Waals surface area (Å²) in [6.45, 7) is 3.74. The smallest absolute Gasteiger partial charge is 0.381 e. The highest BCUT2D eigenvalue weighted by Gasteiger charge is 2.31. The first-order valence-corrected chi connectivity index (χ1v) is 9.50. The molecule has 3 heterocycles. The fourth-order valence-corrected chi connectivity index (χ4v) is 3.33. The van der Waals surface area contributed by atoms with Crippen molar-refractivity contribution in [1.29, 1.82) is 0 Å². The van der Waals surface area contributed by atoms with Gasteiger partial charge in [0, 0.05) is 30.2 Å². The van der Waals surface area contributed by atoms with Crippen LogP contribution in [-0.2, 0) is 12.7 Å². The van der Waals surface area contributed by atoms with Gasteiger partial charge in [-0.2, -0.15) is 13.2 Å². The van der Waals surface area contributed by atoms with E-state index in [2.05, 4.69) is 15.0 Å². The monoisotopic (exact) mass is 428 g/mol. The Morgan fingerprint density at radius 3 is 2.61 bits per heavy atom. The van der Waals surface area contributed by atoms with Crippen molar-refractivity contribution in [2.24, 2.45) is 0 Å². The minimum Gasteiger partial charge on any atom is -0.381 e. The van der Waals surface area contributed by atoms with Gasteiger partial charge in [0.05, 0.1) is 28.8 Å². The molecule has 160 valence electrons. The van der Waals surface area contributed by atoms with Gasteiger partial charge in [-0.3, -0.25) is 14.2 Å². The molecule has 0 spiro atoms. The number of fused-ring (bicyclic) bond motifs is 3. The molecule has 0 aliphatic carbocycles. The lowest BCUT2D eigenvalue weighted by molar-refractivity contribution is -0.137. The number of alkyl halides is 3.